The van der Waals surface area contributed by atoms with Crippen molar-refractivity contribution in [3.05, 3.63) is 88.4 Å². The van der Waals surface area contributed by atoms with Crippen LogP contribution in [0.3, 0.4) is 0 Å². The summed E-state index contributed by atoms with van der Waals surface area (Å²) < 4.78 is 5.36. The van der Waals surface area contributed by atoms with Gasteiger partial charge in [-0.1, -0.05) is 60.7 Å². The second-order valence-electron chi connectivity index (χ2n) is 7.44. The summed E-state index contributed by atoms with van der Waals surface area (Å²) in [5.74, 6) is 0. The molecular formula is C24H29N3O2S. The second-order valence-corrected chi connectivity index (χ2v) is 8.41. The molecule has 2 aromatic carbocycles. The lowest BCUT2D eigenvalue weighted by Crippen LogP contribution is -2.37. The van der Waals surface area contributed by atoms with Crippen LogP contribution in [0.1, 0.15) is 35.3 Å². The van der Waals surface area contributed by atoms with Crippen molar-refractivity contribution in [2.75, 3.05) is 0 Å². The quantitative estimate of drug-likeness (QED) is 0.468. The zero-order valence-electron chi connectivity index (χ0n) is 17.1. The summed E-state index contributed by atoms with van der Waals surface area (Å²) in [7, 11) is 0. The standard InChI is InChI=1S/C24H29N3O2S/c25-21(15-20-9-5-2-6-10-20)12-14-22(13-11-19-7-3-1-4-8-19)27-24(28)29-17-23-16-26-18-30-23/h1-10,16,18,21-22H,11-15,17,25H2,(H,27,28)/t21-,22+/m0/s1. The summed E-state index contributed by atoms with van der Waals surface area (Å²) in [5.41, 5.74) is 10.6. The smallest absolute Gasteiger partial charge is 0.407 e. The highest BCUT2D eigenvalue weighted by Gasteiger charge is 2.16. The third kappa shape index (κ3) is 7.97. The number of ether oxygens (including phenoxy) is 1. The molecule has 0 fully saturated rings. The summed E-state index contributed by atoms with van der Waals surface area (Å²) in [4.78, 5) is 17.2. The molecule has 5 nitrogen and oxygen atoms in total. The number of benzene rings is 2. The number of nitrogens with two attached hydrogens (primary N) is 1. The van der Waals surface area contributed by atoms with E-state index in [1.54, 1.807) is 11.7 Å². The predicted octanol–water partition coefficient (Wildman–Crippen LogP) is 4.72. The molecule has 6 heteroatoms. The van der Waals surface area contributed by atoms with E-state index >= 15 is 0 Å². The van der Waals surface area contributed by atoms with Gasteiger partial charge in [0.15, 0.2) is 0 Å². The molecule has 0 radical (unpaired) electrons. The van der Waals surface area contributed by atoms with E-state index < -0.39 is 6.09 Å². The highest BCUT2D eigenvalue weighted by atomic mass is 32.1. The molecular weight excluding hydrogens is 394 g/mol. The minimum absolute atomic E-state index is 0.0148. The van der Waals surface area contributed by atoms with Crippen LogP contribution in [0.5, 0.6) is 0 Å². The maximum atomic E-state index is 12.3. The van der Waals surface area contributed by atoms with Crippen LogP contribution in [0.2, 0.25) is 0 Å². The monoisotopic (exact) mass is 423 g/mol. The van der Waals surface area contributed by atoms with E-state index in [2.05, 4.69) is 34.6 Å². The van der Waals surface area contributed by atoms with E-state index in [4.69, 9.17) is 10.5 Å². The third-order valence-corrected chi connectivity index (χ3v) is 5.76. The molecule has 0 spiro atoms. The Morgan fingerprint density at radius 1 is 1.00 bits per heavy atom. The number of hydrogen-bond acceptors (Lipinski definition) is 5. The SMILES string of the molecule is N[C@@H](CC[C@@H](CCc1ccccc1)NC(=O)OCc1cncs1)Cc1ccccc1. The Morgan fingerprint density at radius 2 is 1.70 bits per heavy atom. The van der Waals surface area contributed by atoms with Gasteiger partial charge >= 0.3 is 6.09 Å². The highest BCUT2D eigenvalue weighted by molar-refractivity contribution is 7.09. The van der Waals surface area contributed by atoms with Gasteiger partial charge in [-0.3, -0.25) is 4.98 Å². The molecule has 0 aliphatic carbocycles. The molecule has 30 heavy (non-hydrogen) atoms. The van der Waals surface area contributed by atoms with Crippen LogP contribution >= 0.6 is 11.3 Å². The summed E-state index contributed by atoms with van der Waals surface area (Å²) in [6.07, 6.45) is 5.56. The molecule has 3 N–H and O–H groups in total. The molecule has 0 unspecified atom stereocenters. The van der Waals surface area contributed by atoms with Crippen molar-refractivity contribution in [3.8, 4) is 0 Å². The zero-order valence-corrected chi connectivity index (χ0v) is 17.9. The number of nitrogens with zero attached hydrogens (tertiary/aromatic N) is 1. The van der Waals surface area contributed by atoms with Gasteiger partial charge in [0.1, 0.15) is 6.61 Å². The summed E-state index contributed by atoms with van der Waals surface area (Å²) in [5, 5.41) is 3.04. The van der Waals surface area contributed by atoms with E-state index in [0.717, 1.165) is 37.0 Å². The number of aryl methyl sites for hydroxylation is 1. The largest absolute Gasteiger partial charge is 0.444 e. The molecule has 2 atom stereocenters. The number of carbonyl (C=O) groups excluding carboxylic acids is 1. The topological polar surface area (TPSA) is 77.2 Å². The number of rotatable bonds is 11. The van der Waals surface area contributed by atoms with Gasteiger partial charge in [0.05, 0.1) is 10.4 Å². The van der Waals surface area contributed by atoms with Crippen LogP contribution in [-0.2, 0) is 24.2 Å². The van der Waals surface area contributed by atoms with Crippen molar-refractivity contribution < 1.29 is 9.53 Å². The average molecular weight is 424 g/mol. The first-order valence-electron chi connectivity index (χ1n) is 10.3. The van der Waals surface area contributed by atoms with Crippen molar-refractivity contribution >= 4 is 17.4 Å². The molecule has 3 aromatic rings. The van der Waals surface area contributed by atoms with Gasteiger partial charge in [-0.25, -0.2) is 4.79 Å². The van der Waals surface area contributed by atoms with Gasteiger partial charge in [0, 0.05) is 18.3 Å². The molecule has 3 rings (SSSR count). The fraction of sp³-hybridized carbons (Fsp3) is 0.333. The fourth-order valence-electron chi connectivity index (χ4n) is 3.37. The normalized spacial score (nSPS) is 12.8. The van der Waals surface area contributed by atoms with Crippen LogP contribution < -0.4 is 11.1 Å². The summed E-state index contributed by atoms with van der Waals surface area (Å²) in [6, 6.07) is 20.7. The second kappa shape index (κ2) is 12.1. The zero-order chi connectivity index (χ0) is 21.0. The Balaban J connectivity index is 1.50. The molecule has 1 amide bonds. The van der Waals surface area contributed by atoms with Crippen molar-refractivity contribution in [3.63, 3.8) is 0 Å². The number of alkyl carbamates (subject to hydrolysis) is 1. The maximum Gasteiger partial charge on any atom is 0.407 e. The van der Waals surface area contributed by atoms with E-state index in [1.807, 2.05) is 36.4 Å². The fourth-order valence-corrected chi connectivity index (χ4v) is 3.87. The minimum atomic E-state index is -0.391. The Kier molecular flexibility index (Phi) is 8.87. The van der Waals surface area contributed by atoms with Crippen molar-refractivity contribution in [1.82, 2.24) is 10.3 Å². The first-order valence-corrected chi connectivity index (χ1v) is 11.2. The molecule has 0 aliphatic rings. The van der Waals surface area contributed by atoms with Crippen LogP contribution in [0.4, 0.5) is 4.79 Å². The Hall–Kier alpha value is -2.70. The Bertz CT molecular complexity index is 857. The van der Waals surface area contributed by atoms with Crippen LogP contribution in [0, 0.1) is 0 Å². The first kappa shape index (κ1) is 22.0. The molecule has 0 saturated heterocycles. The van der Waals surface area contributed by atoms with Crippen LogP contribution in [-0.4, -0.2) is 23.2 Å². The molecule has 1 heterocycles. The van der Waals surface area contributed by atoms with E-state index in [0.29, 0.717) is 0 Å². The van der Waals surface area contributed by atoms with Gasteiger partial charge in [-0.05, 0) is 43.2 Å². The molecule has 0 saturated carbocycles. The number of aromatic nitrogens is 1. The third-order valence-electron chi connectivity index (χ3n) is 5.00. The summed E-state index contributed by atoms with van der Waals surface area (Å²) >= 11 is 1.47. The maximum absolute atomic E-state index is 12.3. The van der Waals surface area contributed by atoms with Crippen molar-refractivity contribution in [2.45, 2.75) is 50.8 Å². The Labute approximate surface area is 182 Å². The van der Waals surface area contributed by atoms with Crippen LogP contribution in [0.15, 0.2) is 72.4 Å². The molecule has 0 bridgehead atoms. The van der Waals surface area contributed by atoms with Gasteiger partial charge in [-0.15, -0.1) is 11.3 Å². The minimum Gasteiger partial charge on any atom is -0.444 e. The van der Waals surface area contributed by atoms with Crippen molar-refractivity contribution in [1.29, 1.82) is 0 Å². The van der Waals surface area contributed by atoms with Crippen LogP contribution in [0.25, 0.3) is 0 Å². The molecule has 158 valence electrons. The number of hydrogen-bond donors (Lipinski definition) is 2. The van der Waals surface area contributed by atoms with Gasteiger partial charge in [-0.2, -0.15) is 0 Å². The van der Waals surface area contributed by atoms with Gasteiger partial charge in [0.2, 0.25) is 0 Å². The van der Waals surface area contributed by atoms with E-state index in [-0.39, 0.29) is 18.7 Å². The molecule has 0 aliphatic heterocycles. The highest BCUT2D eigenvalue weighted by Crippen LogP contribution is 2.13. The number of nitrogens with one attached hydrogen (secondary N) is 1. The van der Waals surface area contributed by atoms with Gasteiger partial charge in [0.25, 0.3) is 0 Å². The lowest BCUT2D eigenvalue weighted by Gasteiger charge is -2.21. The number of carbonyl (C=O) groups is 1. The Morgan fingerprint density at radius 3 is 2.37 bits per heavy atom. The van der Waals surface area contributed by atoms with Gasteiger partial charge < -0.3 is 15.8 Å². The average Bonchev–Trinajstić information content (AvgIpc) is 3.29. The first-order chi connectivity index (χ1) is 14.7. The summed E-state index contributed by atoms with van der Waals surface area (Å²) in [6.45, 7) is 0.245. The molecule has 1 aromatic heterocycles. The van der Waals surface area contributed by atoms with Crippen molar-refractivity contribution in [2.24, 2.45) is 5.73 Å². The predicted molar refractivity (Wildman–Crippen MR) is 121 cm³/mol. The van der Waals surface area contributed by atoms with E-state index in [9.17, 15) is 4.79 Å². The number of amides is 1. The lowest BCUT2D eigenvalue weighted by molar-refractivity contribution is 0.135. The number of thiazole rings is 1. The van der Waals surface area contributed by atoms with E-state index in [1.165, 1.54) is 22.5 Å². The lowest BCUT2D eigenvalue weighted by atomic mass is 9.97.